The lowest BCUT2D eigenvalue weighted by Crippen LogP contribution is -2.46. The largest absolute Gasteiger partial charge is 0.481 e. The predicted molar refractivity (Wildman–Crippen MR) is 153 cm³/mol. The molecule has 39 heavy (non-hydrogen) atoms. The van der Waals surface area contributed by atoms with Gasteiger partial charge in [0.05, 0.1) is 27.1 Å². The molecule has 214 valence electrons. The first-order valence-corrected chi connectivity index (χ1v) is 15.6. The van der Waals surface area contributed by atoms with E-state index >= 15 is 0 Å². The molecular weight excluding hydrogens is 538 g/mol. The molecule has 2 aromatic rings. The second-order valence-electron chi connectivity index (χ2n) is 12.2. The maximum absolute atomic E-state index is 13.3. The molecule has 0 atom stereocenters. The van der Waals surface area contributed by atoms with Gasteiger partial charge in [-0.2, -0.15) is 0 Å². The van der Waals surface area contributed by atoms with Gasteiger partial charge in [0.25, 0.3) is 5.91 Å². The maximum Gasteiger partial charge on any atom is 0.306 e. The molecule has 0 unspecified atom stereocenters. The Labute approximate surface area is 236 Å². The summed E-state index contributed by atoms with van der Waals surface area (Å²) in [6.07, 6.45) is 6.72. The molecule has 1 aromatic carbocycles. The van der Waals surface area contributed by atoms with Crippen molar-refractivity contribution >= 4 is 33.5 Å². The van der Waals surface area contributed by atoms with Crippen LogP contribution in [0, 0.1) is 25.7 Å². The van der Waals surface area contributed by atoms with E-state index in [2.05, 4.69) is 14.6 Å². The summed E-state index contributed by atoms with van der Waals surface area (Å²) < 4.78 is 31.0. The van der Waals surface area contributed by atoms with Gasteiger partial charge >= 0.3 is 5.97 Å². The zero-order valence-electron chi connectivity index (χ0n) is 23.4. The van der Waals surface area contributed by atoms with Crippen LogP contribution in [-0.4, -0.2) is 41.5 Å². The van der Waals surface area contributed by atoms with Gasteiger partial charge in [-0.25, -0.2) is 13.1 Å². The zero-order valence-corrected chi connectivity index (χ0v) is 25.0. The number of nitrogens with one attached hydrogen (secondary N) is 2. The fourth-order valence-corrected chi connectivity index (χ4v) is 7.76. The summed E-state index contributed by atoms with van der Waals surface area (Å²) in [5.74, 6) is -0.984. The molecule has 1 amide bonds. The number of amides is 1. The van der Waals surface area contributed by atoms with Gasteiger partial charge in [-0.05, 0) is 83.9 Å². The fraction of sp³-hybridized carbons (Fsp3) is 0.586. The summed E-state index contributed by atoms with van der Waals surface area (Å²) in [4.78, 5) is 24.6. The molecule has 0 aliphatic heterocycles. The third-order valence-corrected chi connectivity index (χ3v) is 10.3. The number of carbonyl (C=O) groups excluding carboxylic acids is 1. The zero-order chi connectivity index (χ0) is 28.7. The van der Waals surface area contributed by atoms with Gasteiger partial charge in [-0.3, -0.25) is 9.59 Å². The third kappa shape index (κ3) is 6.52. The summed E-state index contributed by atoms with van der Waals surface area (Å²) in [6, 6.07) is 4.99. The van der Waals surface area contributed by atoms with E-state index in [0.717, 1.165) is 30.8 Å². The lowest BCUT2D eigenvalue weighted by molar-refractivity contribution is -0.145. The molecule has 0 bridgehead atoms. The third-order valence-electron chi connectivity index (χ3n) is 7.94. The maximum atomic E-state index is 13.3. The van der Waals surface area contributed by atoms with Gasteiger partial charge in [0, 0.05) is 29.4 Å². The Bertz CT molecular complexity index is 1360. The molecule has 1 heterocycles. The van der Waals surface area contributed by atoms with E-state index in [0.29, 0.717) is 40.5 Å². The minimum absolute atomic E-state index is 0.129. The number of halogens is 1. The summed E-state index contributed by atoms with van der Waals surface area (Å²) in [5.41, 5.74) is 2.61. The van der Waals surface area contributed by atoms with E-state index in [9.17, 15) is 23.1 Å². The first-order valence-electron chi connectivity index (χ1n) is 13.7. The topological polar surface area (TPSA) is 118 Å². The highest BCUT2D eigenvalue weighted by molar-refractivity contribution is 7.89. The van der Waals surface area contributed by atoms with Crippen molar-refractivity contribution in [1.29, 1.82) is 0 Å². The van der Waals surface area contributed by atoms with Crippen LogP contribution in [0.15, 0.2) is 23.1 Å². The molecular formula is C29H40ClN3O5S. The number of hydrogen-bond acceptors (Lipinski definition) is 4. The second kappa shape index (κ2) is 11.3. The normalized spacial score (nSPS) is 20.5. The van der Waals surface area contributed by atoms with E-state index < -0.39 is 27.4 Å². The Morgan fingerprint density at radius 2 is 1.74 bits per heavy atom. The van der Waals surface area contributed by atoms with Crippen molar-refractivity contribution in [2.45, 2.75) is 103 Å². The molecule has 0 spiro atoms. The van der Waals surface area contributed by atoms with Crippen LogP contribution in [0.5, 0.6) is 0 Å². The molecule has 3 N–H and O–H groups in total. The van der Waals surface area contributed by atoms with Crippen LogP contribution in [0.25, 0.3) is 11.3 Å². The molecule has 8 nitrogen and oxygen atoms in total. The van der Waals surface area contributed by atoms with Crippen molar-refractivity contribution in [3.8, 4) is 11.3 Å². The highest BCUT2D eigenvalue weighted by atomic mass is 35.5. The van der Waals surface area contributed by atoms with E-state index in [1.165, 1.54) is 19.3 Å². The summed E-state index contributed by atoms with van der Waals surface area (Å²) in [5, 5.41) is 12.5. The lowest BCUT2D eigenvalue weighted by Gasteiger charge is -2.32. The number of aliphatic carboxylic acids is 1. The fourth-order valence-electron chi connectivity index (χ4n) is 5.78. The van der Waals surface area contributed by atoms with Gasteiger partial charge in [-0.15, -0.1) is 0 Å². The highest BCUT2D eigenvalue weighted by Crippen LogP contribution is 2.38. The Morgan fingerprint density at radius 1 is 1.10 bits per heavy atom. The van der Waals surface area contributed by atoms with Crippen LogP contribution in [0.2, 0.25) is 5.02 Å². The molecule has 10 heteroatoms. The van der Waals surface area contributed by atoms with Crippen molar-refractivity contribution in [2.75, 3.05) is 0 Å². The summed E-state index contributed by atoms with van der Waals surface area (Å²) >= 11 is 6.87. The number of rotatable bonds is 8. The van der Waals surface area contributed by atoms with Crippen molar-refractivity contribution < 1.29 is 23.1 Å². The highest BCUT2D eigenvalue weighted by Gasteiger charge is 2.36. The molecule has 2 aliphatic carbocycles. The Morgan fingerprint density at radius 3 is 2.33 bits per heavy atom. The molecule has 4 rings (SSSR count). The smallest absolute Gasteiger partial charge is 0.306 e. The van der Waals surface area contributed by atoms with Crippen LogP contribution in [-0.2, 0) is 21.4 Å². The van der Waals surface area contributed by atoms with Crippen molar-refractivity contribution in [3.05, 3.63) is 40.0 Å². The van der Waals surface area contributed by atoms with Gasteiger partial charge < -0.3 is 15.0 Å². The number of carboxylic acids is 1. The monoisotopic (exact) mass is 577 g/mol. The van der Waals surface area contributed by atoms with Crippen molar-refractivity contribution in [1.82, 2.24) is 14.6 Å². The lowest BCUT2D eigenvalue weighted by atomic mass is 9.80. The number of carbonyl (C=O) groups is 2. The number of hydrogen-bond donors (Lipinski definition) is 3. The molecule has 2 fully saturated rings. The molecule has 0 saturated heterocycles. The average molecular weight is 578 g/mol. The van der Waals surface area contributed by atoms with E-state index in [1.807, 2.05) is 13.0 Å². The number of benzene rings is 1. The van der Waals surface area contributed by atoms with Crippen molar-refractivity contribution in [2.24, 2.45) is 11.8 Å². The van der Waals surface area contributed by atoms with Crippen LogP contribution < -0.4 is 10.0 Å². The van der Waals surface area contributed by atoms with Gasteiger partial charge in [0.1, 0.15) is 0 Å². The molecule has 2 aliphatic rings. The van der Waals surface area contributed by atoms with E-state index in [1.54, 1.807) is 39.8 Å². The molecule has 2 saturated carbocycles. The first kappa shape index (κ1) is 29.6. The Hall–Kier alpha value is -2.36. The quantitative estimate of drug-likeness (QED) is 0.373. The number of aromatic nitrogens is 1. The van der Waals surface area contributed by atoms with Crippen LogP contribution in [0.4, 0.5) is 0 Å². The van der Waals surface area contributed by atoms with Gasteiger partial charge in [-0.1, -0.05) is 36.9 Å². The average Bonchev–Trinajstić information content (AvgIpc) is 3.12. The van der Waals surface area contributed by atoms with Crippen LogP contribution in [0.3, 0.4) is 0 Å². The van der Waals surface area contributed by atoms with Crippen molar-refractivity contribution in [3.63, 3.8) is 0 Å². The molecule has 0 radical (unpaired) electrons. The van der Waals surface area contributed by atoms with Crippen LogP contribution in [0.1, 0.15) is 87.3 Å². The number of nitrogens with zero attached hydrogens (tertiary/aromatic N) is 1. The first-order chi connectivity index (χ1) is 18.2. The van der Waals surface area contributed by atoms with Gasteiger partial charge in [0.2, 0.25) is 10.0 Å². The predicted octanol–water partition coefficient (Wildman–Crippen LogP) is 5.68. The summed E-state index contributed by atoms with van der Waals surface area (Å²) in [7, 11) is -3.79. The van der Waals surface area contributed by atoms with Crippen LogP contribution >= 0.6 is 11.6 Å². The summed E-state index contributed by atoms with van der Waals surface area (Å²) in [6.45, 7) is 9.74. The minimum atomic E-state index is -3.79. The SMILES string of the molecule is Cc1c(S(=O)(=O)NC(C)(C)C)ccc(-c2cc(C(=O)N[C@H]3C[C@H](C(=O)O)C3)c(C)n2CC2CCCCC2)c1Cl. The van der Waals surface area contributed by atoms with E-state index in [-0.39, 0.29) is 16.8 Å². The molecule has 1 aromatic heterocycles. The second-order valence-corrected chi connectivity index (χ2v) is 14.3. The number of sulfonamides is 1. The number of carboxylic acid groups (broad SMARTS) is 1. The minimum Gasteiger partial charge on any atom is -0.481 e. The standard InChI is InChI=1S/C29H40ClN3O5S/c1-17-25(39(37,38)32-29(3,4)5)12-11-22(26(17)30)24-15-23(27(34)31-21-13-20(14-21)28(35)36)18(2)33(24)16-19-9-7-6-8-10-19/h11-12,15,19-21,32H,6-10,13-14,16H2,1-5H3,(H,31,34)(H,35,36)/t20-,21-. The van der Waals surface area contributed by atoms with E-state index in [4.69, 9.17) is 11.6 Å². The Balaban J connectivity index is 1.71. The van der Waals surface area contributed by atoms with Gasteiger partial charge in [0.15, 0.2) is 0 Å². The Kier molecular flexibility index (Phi) is 8.55.